The molecule has 0 unspecified atom stereocenters. The van der Waals surface area contributed by atoms with E-state index in [1.54, 1.807) is 42.5 Å². The number of carbonyl (C=O) groups excluding carboxylic acids is 3. The molecule has 1 aliphatic rings. The molecule has 0 bridgehead atoms. The van der Waals surface area contributed by atoms with E-state index in [1.165, 1.54) is 20.3 Å². The fourth-order valence-corrected chi connectivity index (χ4v) is 2.77. The molecule has 0 radical (unpaired) electrons. The van der Waals surface area contributed by atoms with Crippen molar-refractivity contribution in [3.8, 4) is 11.5 Å². The van der Waals surface area contributed by atoms with Crippen molar-refractivity contribution >= 4 is 29.6 Å². The largest absolute Gasteiger partial charge is 0.493 e. The normalized spacial score (nSPS) is 15.7. The van der Waals surface area contributed by atoms with Crippen molar-refractivity contribution in [1.29, 1.82) is 0 Å². The van der Waals surface area contributed by atoms with Gasteiger partial charge in [0, 0.05) is 5.56 Å². The third-order valence-electron chi connectivity index (χ3n) is 4.13. The van der Waals surface area contributed by atoms with Crippen LogP contribution in [0.2, 0.25) is 0 Å². The number of amides is 4. The van der Waals surface area contributed by atoms with Gasteiger partial charge in [0.1, 0.15) is 5.57 Å². The van der Waals surface area contributed by atoms with Gasteiger partial charge in [-0.1, -0.05) is 29.8 Å². The van der Waals surface area contributed by atoms with Gasteiger partial charge in [0.25, 0.3) is 11.8 Å². The molecule has 7 nitrogen and oxygen atoms in total. The van der Waals surface area contributed by atoms with Gasteiger partial charge in [0.05, 0.1) is 19.9 Å². The summed E-state index contributed by atoms with van der Waals surface area (Å²) in [6, 6.07) is 11.2. The van der Waals surface area contributed by atoms with Gasteiger partial charge in [0.2, 0.25) is 0 Å². The summed E-state index contributed by atoms with van der Waals surface area (Å²) in [5, 5.41) is 2.20. The number of urea groups is 1. The van der Waals surface area contributed by atoms with E-state index in [0.717, 1.165) is 10.5 Å². The average molecular weight is 366 g/mol. The highest BCUT2D eigenvalue weighted by molar-refractivity contribution is 6.39. The second kappa shape index (κ2) is 7.33. The molecule has 7 heteroatoms. The monoisotopic (exact) mass is 366 g/mol. The first-order valence-corrected chi connectivity index (χ1v) is 8.15. The number of hydrogen-bond donors (Lipinski definition) is 1. The number of benzene rings is 2. The Hall–Kier alpha value is -3.61. The summed E-state index contributed by atoms with van der Waals surface area (Å²) in [5.74, 6) is -0.635. The number of anilines is 1. The van der Waals surface area contributed by atoms with Crippen molar-refractivity contribution in [2.45, 2.75) is 6.92 Å². The maximum atomic E-state index is 12.9. The van der Waals surface area contributed by atoms with Crippen LogP contribution < -0.4 is 19.7 Å². The fourth-order valence-electron chi connectivity index (χ4n) is 2.77. The lowest BCUT2D eigenvalue weighted by atomic mass is 10.1. The summed E-state index contributed by atoms with van der Waals surface area (Å²) in [4.78, 5) is 38.3. The highest BCUT2D eigenvalue weighted by atomic mass is 16.5. The van der Waals surface area contributed by atoms with Gasteiger partial charge in [-0.2, -0.15) is 0 Å². The number of methoxy groups -OCH3 is 2. The van der Waals surface area contributed by atoms with Crippen molar-refractivity contribution in [2.75, 3.05) is 19.1 Å². The van der Waals surface area contributed by atoms with Gasteiger partial charge in [-0.3, -0.25) is 14.9 Å². The van der Waals surface area contributed by atoms with Gasteiger partial charge in [-0.05, 0) is 31.2 Å². The van der Waals surface area contributed by atoms with Crippen molar-refractivity contribution in [3.05, 3.63) is 59.2 Å². The highest BCUT2D eigenvalue weighted by Gasteiger charge is 2.37. The van der Waals surface area contributed by atoms with Gasteiger partial charge in [0.15, 0.2) is 11.5 Å². The molecule has 138 valence electrons. The summed E-state index contributed by atoms with van der Waals surface area (Å²) >= 11 is 0. The zero-order valence-corrected chi connectivity index (χ0v) is 15.1. The van der Waals surface area contributed by atoms with Crippen LogP contribution in [0.1, 0.15) is 11.1 Å². The molecule has 1 aliphatic heterocycles. The van der Waals surface area contributed by atoms with E-state index < -0.39 is 17.8 Å². The summed E-state index contributed by atoms with van der Waals surface area (Å²) in [5.41, 5.74) is 1.66. The van der Waals surface area contributed by atoms with E-state index in [-0.39, 0.29) is 5.57 Å². The maximum absolute atomic E-state index is 12.9. The lowest BCUT2D eigenvalue weighted by Crippen LogP contribution is -2.54. The number of carbonyl (C=O) groups is 3. The van der Waals surface area contributed by atoms with Crippen LogP contribution in [0, 0.1) is 6.92 Å². The number of nitrogens with zero attached hydrogens (tertiary/aromatic N) is 1. The number of aryl methyl sites for hydroxylation is 1. The van der Waals surface area contributed by atoms with Crippen molar-refractivity contribution in [3.63, 3.8) is 0 Å². The van der Waals surface area contributed by atoms with Crippen molar-refractivity contribution < 1.29 is 23.9 Å². The number of nitrogens with one attached hydrogen (secondary N) is 1. The quantitative estimate of drug-likeness (QED) is 0.664. The molecule has 0 aliphatic carbocycles. The lowest BCUT2D eigenvalue weighted by Gasteiger charge is -2.26. The molecule has 0 saturated carbocycles. The topological polar surface area (TPSA) is 84.9 Å². The zero-order chi connectivity index (χ0) is 19.6. The summed E-state index contributed by atoms with van der Waals surface area (Å²) < 4.78 is 10.6. The number of para-hydroxylation sites is 1. The minimum absolute atomic E-state index is 0.179. The average Bonchev–Trinajstić information content (AvgIpc) is 2.66. The molecule has 0 spiro atoms. The standard InChI is InChI=1S/C20H18N2O5/c1-12-7-9-14(10-8-12)22-19(24)15(18(23)21-20(22)25)11-13-5-4-6-16(26-2)17(13)27-3/h4-11H,1-3H3,(H,21,23,25)/b15-11-. The SMILES string of the molecule is COc1cccc(/C=C2/C(=O)NC(=O)N(c3ccc(C)cc3)C2=O)c1OC. The predicted octanol–water partition coefficient (Wildman–Crippen LogP) is 2.68. The van der Waals surface area contributed by atoms with Crippen LogP contribution >= 0.6 is 0 Å². The molecular weight excluding hydrogens is 348 g/mol. The summed E-state index contributed by atoms with van der Waals surface area (Å²) in [7, 11) is 2.95. The first-order valence-electron chi connectivity index (χ1n) is 8.15. The van der Waals surface area contributed by atoms with Gasteiger partial charge in [-0.25, -0.2) is 9.69 Å². The van der Waals surface area contributed by atoms with Crippen LogP contribution in [-0.4, -0.2) is 32.1 Å². The molecule has 2 aromatic carbocycles. The van der Waals surface area contributed by atoms with Crippen LogP contribution in [0.5, 0.6) is 11.5 Å². The molecule has 3 rings (SSSR count). The minimum Gasteiger partial charge on any atom is -0.493 e. The molecule has 0 atom stereocenters. The Balaban J connectivity index is 2.06. The second-order valence-electron chi connectivity index (χ2n) is 5.88. The molecule has 1 heterocycles. The Morgan fingerprint density at radius 2 is 1.67 bits per heavy atom. The Morgan fingerprint density at radius 1 is 0.963 bits per heavy atom. The molecule has 1 fully saturated rings. The number of ether oxygens (including phenoxy) is 2. The summed E-state index contributed by atoms with van der Waals surface area (Å²) in [6.07, 6.45) is 1.38. The highest BCUT2D eigenvalue weighted by Crippen LogP contribution is 2.33. The predicted molar refractivity (Wildman–Crippen MR) is 99.7 cm³/mol. The van der Waals surface area contributed by atoms with E-state index in [9.17, 15) is 14.4 Å². The Bertz CT molecular complexity index is 947. The number of hydrogen-bond acceptors (Lipinski definition) is 5. The zero-order valence-electron chi connectivity index (χ0n) is 15.1. The maximum Gasteiger partial charge on any atom is 0.335 e. The Labute approximate surface area is 156 Å². The molecule has 1 N–H and O–H groups in total. The summed E-state index contributed by atoms with van der Waals surface area (Å²) in [6.45, 7) is 1.89. The van der Waals surface area contributed by atoms with Gasteiger partial charge in [-0.15, -0.1) is 0 Å². The number of barbiturate groups is 1. The molecule has 2 aromatic rings. The number of rotatable bonds is 4. The molecule has 4 amide bonds. The minimum atomic E-state index is -0.788. The molecular formula is C20H18N2O5. The van der Waals surface area contributed by atoms with Crippen molar-refractivity contribution in [1.82, 2.24) is 5.32 Å². The van der Waals surface area contributed by atoms with Crippen LogP contribution in [0.3, 0.4) is 0 Å². The van der Waals surface area contributed by atoms with E-state index in [4.69, 9.17) is 9.47 Å². The third-order valence-corrected chi connectivity index (χ3v) is 4.13. The first kappa shape index (κ1) is 18.2. The Morgan fingerprint density at radius 3 is 2.30 bits per heavy atom. The lowest BCUT2D eigenvalue weighted by molar-refractivity contribution is -0.122. The van der Waals surface area contributed by atoms with Crippen LogP contribution in [0.15, 0.2) is 48.0 Å². The van der Waals surface area contributed by atoms with E-state index >= 15 is 0 Å². The smallest absolute Gasteiger partial charge is 0.335 e. The van der Waals surface area contributed by atoms with E-state index in [1.807, 2.05) is 6.92 Å². The second-order valence-corrected chi connectivity index (χ2v) is 5.88. The third kappa shape index (κ3) is 3.39. The van der Waals surface area contributed by atoms with Crippen LogP contribution in [-0.2, 0) is 9.59 Å². The molecule has 1 saturated heterocycles. The van der Waals surface area contributed by atoms with Crippen LogP contribution in [0.4, 0.5) is 10.5 Å². The van der Waals surface area contributed by atoms with Gasteiger partial charge >= 0.3 is 6.03 Å². The number of imide groups is 2. The molecule has 0 aromatic heterocycles. The van der Waals surface area contributed by atoms with E-state index in [2.05, 4.69) is 5.32 Å². The first-order chi connectivity index (χ1) is 13.0. The van der Waals surface area contributed by atoms with E-state index in [0.29, 0.717) is 22.7 Å². The fraction of sp³-hybridized carbons (Fsp3) is 0.150. The van der Waals surface area contributed by atoms with Crippen molar-refractivity contribution in [2.24, 2.45) is 0 Å². The van der Waals surface area contributed by atoms with Gasteiger partial charge < -0.3 is 9.47 Å². The molecule has 27 heavy (non-hydrogen) atoms. The van der Waals surface area contributed by atoms with Crippen LogP contribution in [0.25, 0.3) is 6.08 Å². The Kier molecular flexibility index (Phi) is 4.94.